The molecule has 0 aliphatic carbocycles. The molecule has 7 heteroatoms. The van der Waals surface area contributed by atoms with E-state index in [1.165, 1.54) is 18.5 Å². The van der Waals surface area contributed by atoms with Gasteiger partial charge in [-0.3, -0.25) is 0 Å². The molecule has 0 spiro atoms. The predicted molar refractivity (Wildman–Crippen MR) is 96.9 cm³/mol. The zero-order valence-corrected chi connectivity index (χ0v) is 13.3. The van der Waals surface area contributed by atoms with Gasteiger partial charge in [-0.1, -0.05) is 30.3 Å². The van der Waals surface area contributed by atoms with Gasteiger partial charge in [-0.2, -0.15) is 0 Å². The lowest BCUT2D eigenvalue weighted by Crippen LogP contribution is -2.08. The van der Waals surface area contributed by atoms with E-state index in [4.69, 9.17) is 10.8 Å². The van der Waals surface area contributed by atoms with Crippen molar-refractivity contribution in [3.05, 3.63) is 72.1 Å². The Balaban J connectivity index is 1.73. The molecule has 0 saturated heterocycles. The number of nitrogens with two attached hydrogens (primary N) is 1. The van der Waals surface area contributed by atoms with Crippen LogP contribution in [0.25, 0.3) is 0 Å². The van der Waals surface area contributed by atoms with Gasteiger partial charge in [0, 0.05) is 12.2 Å². The minimum atomic E-state index is -0.972. The number of hydrogen-bond acceptors (Lipinski definition) is 6. The van der Waals surface area contributed by atoms with Gasteiger partial charge in [-0.15, -0.1) is 0 Å². The third-order valence-electron chi connectivity index (χ3n) is 3.58. The van der Waals surface area contributed by atoms with Crippen LogP contribution in [0, 0.1) is 0 Å². The monoisotopic (exact) mass is 335 g/mol. The van der Waals surface area contributed by atoms with E-state index in [1.54, 1.807) is 12.1 Å². The van der Waals surface area contributed by atoms with Crippen molar-refractivity contribution < 1.29 is 9.90 Å². The van der Waals surface area contributed by atoms with E-state index in [0.29, 0.717) is 29.6 Å². The highest BCUT2D eigenvalue weighted by Gasteiger charge is 2.09. The molecular weight excluding hydrogens is 318 g/mol. The van der Waals surface area contributed by atoms with Crippen LogP contribution >= 0.6 is 0 Å². The number of hydrogen-bond donors (Lipinski definition) is 4. The van der Waals surface area contributed by atoms with Crippen molar-refractivity contribution in [1.29, 1.82) is 0 Å². The van der Waals surface area contributed by atoms with Crippen LogP contribution in [0.1, 0.15) is 15.9 Å². The van der Waals surface area contributed by atoms with Gasteiger partial charge < -0.3 is 21.5 Å². The molecule has 0 radical (unpaired) electrons. The first-order valence-corrected chi connectivity index (χ1v) is 7.62. The highest BCUT2D eigenvalue weighted by atomic mass is 16.4. The van der Waals surface area contributed by atoms with Crippen LogP contribution in [-0.2, 0) is 6.54 Å². The largest absolute Gasteiger partial charge is 0.478 e. The molecule has 2 aromatic carbocycles. The molecule has 0 fully saturated rings. The molecule has 3 rings (SSSR count). The molecule has 0 bridgehead atoms. The van der Waals surface area contributed by atoms with Gasteiger partial charge in [0.2, 0.25) is 0 Å². The Morgan fingerprint density at radius 1 is 1.00 bits per heavy atom. The van der Waals surface area contributed by atoms with E-state index in [2.05, 4.69) is 20.6 Å². The molecular formula is C18H17N5O2. The summed E-state index contributed by atoms with van der Waals surface area (Å²) in [6.45, 7) is 0.592. The minimum absolute atomic E-state index is 0.214. The smallest absolute Gasteiger partial charge is 0.335 e. The van der Waals surface area contributed by atoms with E-state index in [-0.39, 0.29) is 5.56 Å². The quantitative estimate of drug-likeness (QED) is 0.547. The molecule has 126 valence electrons. The SMILES string of the molecule is Nc1c(NCc2ccccc2)ncnc1Nc1ccc(C(=O)O)cc1. The van der Waals surface area contributed by atoms with E-state index >= 15 is 0 Å². The fourth-order valence-electron chi connectivity index (χ4n) is 2.25. The van der Waals surface area contributed by atoms with Gasteiger partial charge >= 0.3 is 5.97 Å². The standard InChI is InChI=1S/C18H17N5O2/c19-15-16(20-10-12-4-2-1-3-5-12)21-11-22-17(15)23-14-8-6-13(7-9-14)18(24)25/h1-9,11H,10,19H2,(H,24,25)(H2,20,21,22,23). The lowest BCUT2D eigenvalue weighted by molar-refractivity contribution is 0.0697. The summed E-state index contributed by atoms with van der Waals surface area (Å²) in [5, 5.41) is 15.2. The lowest BCUT2D eigenvalue weighted by atomic mass is 10.2. The van der Waals surface area contributed by atoms with Crippen molar-refractivity contribution in [3.8, 4) is 0 Å². The second kappa shape index (κ2) is 7.31. The maximum Gasteiger partial charge on any atom is 0.335 e. The first kappa shape index (κ1) is 16.3. The summed E-state index contributed by atoms with van der Waals surface area (Å²) in [5.41, 5.74) is 8.53. The molecule has 1 aromatic heterocycles. The molecule has 5 N–H and O–H groups in total. The highest BCUT2D eigenvalue weighted by molar-refractivity contribution is 5.88. The number of carboxylic acids is 1. The van der Waals surface area contributed by atoms with Gasteiger partial charge in [0.25, 0.3) is 0 Å². The average molecular weight is 335 g/mol. The molecule has 0 atom stereocenters. The first-order valence-electron chi connectivity index (χ1n) is 7.62. The Morgan fingerprint density at radius 3 is 2.36 bits per heavy atom. The van der Waals surface area contributed by atoms with Crippen LogP contribution in [0.2, 0.25) is 0 Å². The number of aromatic carboxylic acids is 1. The molecule has 0 aliphatic rings. The molecule has 3 aromatic rings. The van der Waals surface area contributed by atoms with E-state index in [9.17, 15) is 4.79 Å². The number of benzene rings is 2. The number of aromatic nitrogens is 2. The van der Waals surface area contributed by atoms with Crippen molar-refractivity contribution in [2.45, 2.75) is 6.54 Å². The topological polar surface area (TPSA) is 113 Å². The highest BCUT2D eigenvalue weighted by Crippen LogP contribution is 2.26. The number of rotatable bonds is 6. The summed E-state index contributed by atoms with van der Waals surface area (Å²) in [7, 11) is 0. The van der Waals surface area contributed by atoms with Crippen LogP contribution in [0.5, 0.6) is 0 Å². The van der Waals surface area contributed by atoms with Crippen LogP contribution in [0.15, 0.2) is 60.9 Å². The summed E-state index contributed by atoms with van der Waals surface area (Å²) >= 11 is 0. The minimum Gasteiger partial charge on any atom is -0.478 e. The number of nitrogens with one attached hydrogen (secondary N) is 2. The van der Waals surface area contributed by atoms with Crippen molar-refractivity contribution in [2.24, 2.45) is 0 Å². The molecule has 0 saturated carbocycles. The van der Waals surface area contributed by atoms with Gasteiger partial charge in [-0.25, -0.2) is 14.8 Å². The van der Waals surface area contributed by atoms with Crippen molar-refractivity contribution >= 4 is 29.0 Å². The molecule has 25 heavy (non-hydrogen) atoms. The summed E-state index contributed by atoms with van der Waals surface area (Å²) in [6, 6.07) is 16.2. The van der Waals surface area contributed by atoms with E-state index < -0.39 is 5.97 Å². The average Bonchev–Trinajstić information content (AvgIpc) is 2.64. The van der Waals surface area contributed by atoms with E-state index in [1.807, 2.05) is 30.3 Å². The van der Waals surface area contributed by atoms with Crippen molar-refractivity contribution in [3.63, 3.8) is 0 Å². The fraction of sp³-hybridized carbons (Fsp3) is 0.0556. The van der Waals surface area contributed by atoms with Crippen LogP contribution in [-0.4, -0.2) is 21.0 Å². The Bertz CT molecular complexity index is 866. The maximum absolute atomic E-state index is 10.9. The number of carboxylic acid groups (broad SMARTS) is 1. The van der Waals surface area contributed by atoms with Crippen LogP contribution in [0.4, 0.5) is 23.0 Å². The predicted octanol–water partition coefficient (Wildman–Crippen LogP) is 3.11. The Hall–Kier alpha value is -3.61. The first-order chi connectivity index (χ1) is 12.1. The number of carbonyl (C=O) groups is 1. The third kappa shape index (κ3) is 4.03. The summed E-state index contributed by atoms with van der Waals surface area (Å²) < 4.78 is 0. The molecule has 0 unspecified atom stereocenters. The zero-order valence-electron chi connectivity index (χ0n) is 13.3. The summed E-state index contributed by atoms with van der Waals surface area (Å²) in [5.74, 6) is 0.0117. The van der Waals surface area contributed by atoms with Gasteiger partial charge in [0.05, 0.1) is 5.56 Å². The third-order valence-corrected chi connectivity index (χ3v) is 3.58. The zero-order chi connectivity index (χ0) is 17.6. The van der Waals surface area contributed by atoms with Gasteiger partial charge in [-0.05, 0) is 29.8 Å². The molecule has 7 nitrogen and oxygen atoms in total. The Kier molecular flexibility index (Phi) is 4.75. The normalized spacial score (nSPS) is 10.2. The van der Waals surface area contributed by atoms with Gasteiger partial charge in [0.15, 0.2) is 11.6 Å². The molecule has 0 aliphatic heterocycles. The molecule has 0 amide bonds. The molecule has 1 heterocycles. The van der Waals surface area contributed by atoms with Crippen LogP contribution < -0.4 is 16.4 Å². The van der Waals surface area contributed by atoms with Crippen molar-refractivity contribution in [1.82, 2.24) is 9.97 Å². The van der Waals surface area contributed by atoms with E-state index in [0.717, 1.165) is 5.56 Å². The summed E-state index contributed by atoms with van der Waals surface area (Å²) in [4.78, 5) is 19.2. The second-order valence-corrected chi connectivity index (χ2v) is 5.33. The summed E-state index contributed by atoms with van der Waals surface area (Å²) in [6.07, 6.45) is 1.41. The number of nitrogens with zero attached hydrogens (tertiary/aromatic N) is 2. The maximum atomic E-state index is 10.9. The Morgan fingerprint density at radius 2 is 1.68 bits per heavy atom. The fourth-order valence-corrected chi connectivity index (χ4v) is 2.25. The number of anilines is 4. The van der Waals surface area contributed by atoms with Crippen LogP contribution in [0.3, 0.4) is 0 Å². The lowest BCUT2D eigenvalue weighted by Gasteiger charge is -2.12. The number of nitrogen functional groups attached to an aromatic ring is 1. The van der Waals surface area contributed by atoms with Crippen molar-refractivity contribution in [2.75, 3.05) is 16.4 Å². The Labute approximate surface area is 144 Å². The van der Waals surface area contributed by atoms with Gasteiger partial charge in [0.1, 0.15) is 12.0 Å². The second-order valence-electron chi connectivity index (χ2n) is 5.33.